The van der Waals surface area contributed by atoms with E-state index in [-0.39, 0.29) is 5.57 Å². The number of rotatable bonds is 7. The lowest BCUT2D eigenvalue weighted by Gasteiger charge is -2.13. The molecular formula is C25H21BrN2O3. The third-order valence-corrected chi connectivity index (χ3v) is 5.18. The molecular weight excluding hydrogens is 456 g/mol. The summed E-state index contributed by atoms with van der Waals surface area (Å²) in [7, 11) is 1.54. The molecule has 0 spiro atoms. The standard InChI is InChI=1S/C25H21BrN2O3/c1-17-8-10-18(11-9-17)16-31-24-14-22(26)19(13-23(24)30-2)12-20(15-27)25(29)28-21-6-4-3-5-7-21/h3-14H,16H2,1-2H3,(H,28,29)/b20-12+. The molecule has 0 aliphatic heterocycles. The van der Waals surface area contributed by atoms with Crippen molar-refractivity contribution in [3.05, 3.63) is 93.5 Å². The monoisotopic (exact) mass is 476 g/mol. The van der Waals surface area contributed by atoms with Gasteiger partial charge in [-0.25, -0.2) is 0 Å². The second-order valence-electron chi connectivity index (χ2n) is 6.79. The molecule has 0 radical (unpaired) electrons. The number of carbonyl (C=O) groups is 1. The van der Waals surface area contributed by atoms with Crippen molar-refractivity contribution in [3.8, 4) is 17.6 Å². The number of nitrogens with zero attached hydrogens (tertiary/aromatic N) is 1. The summed E-state index contributed by atoms with van der Waals surface area (Å²) < 4.78 is 12.1. The van der Waals surface area contributed by atoms with Gasteiger partial charge in [0.25, 0.3) is 5.91 Å². The van der Waals surface area contributed by atoms with E-state index in [0.29, 0.717) is 33.8 Å². The first kappa shape index (κ1) is 22.1. The van der Waals surface area contributed by atoms with E-state index in [1.807, 2.05) is 55.5 Å². The van der Waals surface area contributed by atoms with Crippen LogP contribution in [-0.4, -0.2) is 13.0 Å². The Hall–Kier alpha value is -3.56. The maximum absolute atomic E-state index is 12.5. The minimum atomic E-state index is -0.487. The zero-order valence-corrected chi connectivity index (χ0v) is 18.8. The van der Waals surface area contributed by atoms with Crippen LogP contribution < -0.4 is 14.8 Å². The molecule has 3 rings (SSSR count). The number of ether oxygens (including phenoxy) is 2. The average molecular weight is 477 g/mol. The minimum Gasteiger partial charge on any atom is -0.493 e. The second-order valence-corrected chi connectivity index (χ2v) is 7.64. The van der Waals surface area contributed by atoms with Gasteiger partial charge in [-0.2, -0.15) is 5.26 Å². The van der Waals surface area contributed by atoms with Gasteiger partial charge in [-0.15, -0.1) is 0 Å². The fourth-order valence-electron chi connectivity index (χ4n) is 2.80. The Morgan fingerprint density at radius 2 is 1.81 bits per heavy atom. The maximum Gasteiger partial charge on any atom is 0.266 e. The van der Waals surface area contributed by atoms with Crippen LogP contribution in [-0.2, 0) is 11.4 Å². The third-order valence-electron chi connectivity index (χ3n) is 4.49. The molecule has 6 heteroatoms. The van der Waals surface area contributed by atoms with Crippen molar-refractivity contribution in [2.45, 2.75) is 13.5 Å². The van der Waals surface area contributed by atoms with Crippen LogP contribution in [0.5, 0.6) is 11.5 Å². The summed E-state index contributed by atoms with van der Waals surface area (Å²) in [6.07, 6.45) is 1.51. The molecule has 0 heterocycles. The zero-order valence-electron chi connectivity index (χ0n) is 17.2. The highest BCUT2D eigenvalue weighted by atomic mass is 79.9. The van der Waals surface area contributed by atoms with E-state index in [1.54, 1.807) is 31.4 Å². The summed E-state index contributed by atoms with van der Waals surface area (Å²) in [5, 5.41) is 12.2. The van der Waals surface area contributed by atoms with E-state index in [1.165, 1.54) is 11.6 Å². The summed E-state index contributed by atoms with van der Waals surface area (Å²) in [6.45, 7) is 2.42. The SMILES string of the molecule is COc1cc(/C=C(\C#N)C(=O)Nc2ccccc2)c(Br)cc1OCc1ccc(C)cc1. The van der Waals surface area contributed by atoms with Gasteiger partial charge in [-0.1, -0.05) is 64.0 Å². The molecule has 0 atom stereocenters. The van der Waals surface area contributed by atoms with E-state index in [0.717, 1.165) is 5.56 Å². The van der Waals surface area contributed by atoms with Gasteiger partial charge >= 0.3 is 0 Å². The number of nitriles is 1. The number of amides is 1. The van der Waals surface area contributed by atoms with Crippen molar-refractivity contribution < 1.29 is 14.3 Å². The summed E-state index contributed by atoms with van der Waals surface area (Å²) in [5.41, 5.74) is 3.44. The van der Waals surface area contributed by atoms with Crippen molar-refractivity contribution in [1.82, 2.24) is 0 Å². The van der Waals surface area contributed by atoms with E-state index in [9.17, 15) is 10.1 Å². The summed E-state index contributed by atoms with van der Waals surface area (Å²) in [5.74, 6) is 0.570. The molecule has 0 aliphatic rings. The maximum atomic E-state index is 12.5. The van der Waals surface area contributed by atoms with Crippen LogP contribution in [0.3, 0.4) is 0 Å². The fourth-order valence-corrected chi connectivity index (χ4v) is 3.24. The summed E-state index contributed by atoms with van der Waals surface area (Å²) in [4.78, 5) is 12.5. The van der Waals surface area contributed by atoms with E-state index in [2.05, 4.69) is 21.2 Å². The molecule has 31 heavy (non-hydrogen) atoms. The lowest BCUT2D eigenvalue weighted by atomic mass is 10.1. The number of halogens is 1. The number of aryl methyl sites for hydroxylation is 1. The van der Waals surface area contributed by atoms with E-state index < -0.39 is 5.91 Å². The Kier molecular flexibility index (Phi) is 7.47. The number of para-hydroxylation sites is 1. The van der Waals surface area contributed by atoms with Crippen LogP contribution in [0.2, 0.25) is 0 Å². The van der Waals surface area contributed by atoms with Crippen molar-refractivity contribution in [3.63, 3.8) is 0 Å². The molecule has 0 bridgehead atoms. The normalized spacial score (nSPS) is 10.8. The highest BCUT2D eigenvalue weighted by molar-refractivity contribution is 9.10. The quantitative estimate of drug-likeness (QED) is 0.340. The molecule has 156 valence electrons. The van der Waals surface area contributed by atoms with Crippen molar-refractivity contribution >= 4 is 33.6 Å². The van der Waals surface area contributed by atoms with Crippen LogP contribution in [0.4, 0.5) is 5.69 Å². The number of methoxy groups -OCH3 is 1. The molecule has 5 nitrogen and oxygen atoms in total. The molecule has 0 saturated carbocycles. The lowest BCUT2D eigenvalue weighted by molar-refractivity contribution is -0.112. The number of hydrogen-bond acceptors (Lipinski definition) is 4. The largest absolute Gasteiger partial charge is 0.493 e. The minimum absolute atomic E-state index is 0.0278. The Bertz CT molecular complexity index is 1130. The Balaban J connectivity index is 1.81. The molecule has 3 aromatic carbocycles. The Morgan fingerprint density at radius 3 is 2.45 bits per heavy atom. The highest BCUT2D eigenvalue weighted by Crippen LogP contribution is 2.35. The van der Waals surface area contributed by atoms with Gasteiger partial charge in [0.15, 0.2) is 11.5 Å². The van der Waals surface area contributed by atoms with Crippen LogP contribution in [0, 0.1) is 18.3 Å². The van der Waals surface area contributed by atoms with Gasteiger partial charge in [-0.05, 0) is 48.4 Å². The van der Waals surface area contributed by atoms with Gasteiger partial charge in [0, 0.05) is 10.2 Å². The molecule has 1 N–H and O–H groups in total. The first-order valence-electron chi connectivity index (χ1n) is 9.54. The van der Waals surface area contributed by atoms with Crippen LogP contribution in [0.25, 0.3) is 6.08 Å². The average Bonchev–Trinajstić information content (AvgIpc) is 2.78. The van der Waals surface area contributed by atoms with Gasteiger partial charge in [0.2, 0.25) is 0 Å². The number of hydrogen-bond donors (Lipinski definition) is 1. The predicted octanol–water partition coefficient (Wildman–Crippen LogP) is 5.89. The molecule has 1 amide bonds. The highest BCUT2D eigenvalue weighted by Gasteiger charge is 2.14. The topological polar surface area (TPSA) is 71.3 Å². The van der Waals surface area contributed by atoms with Crippen molar-refractivity contribution in [2.24, 2.45) is 0 Å². The van der Waals surface area contributed by atoms with Crippen LogP contribution in [0.1, 0.15) is 16.7 Å². The van der Waals surface area contributed by atoms with E-state index in [4.69, 9.17) is 9.47 Å². The van der Waals surface area contributed by atoms with Crippen molar-refractivity contribution in [1.29, 1.82) is 5.26 Å². The summed E-state index contributed by atoms with van der Waals surface area (Å²) in [6, 6.07) is 22.5. The second kappa shape index (κ2) is 10.5. The fraction of sp³-hybridized carbons (Fsp3) is 0.120. The molecule has 0 unspecified atom stereocenters. The first-order chi connectivity index (χ1) is 15.0. The summed E-state index contributed by atoms with van der Waals surface area (Å²) >= 11 is 3.50. The number of anilines is 1. The molecule has 3 aromatic rings. The van der Waals surface area contributed by atoms with Crippen molar-refractivity contribution in [2.75, 3.05) is 12.4 Å². The lowest BCUT2D eigenvalue weighted by Crippen LogP contribution is -2.13. The van der Waals surface area contributed by atoms with Gasteiger partial charge in [-0.3, -0.25) is 4.79 Å². The number of carbonyl (C=O) groups excluding carboxylic acids is 1. The van der Waals surface area contributed by atoms with Gasteiger partial charge in [0.1, 0.15) is 18.2 Å². The van der Waals surface area contributed by atoms with E-state index >= 15 is 0 Å². The number of nitrogens with one attached hydrogen (secondary N) is 1. The Labute approximate surface area is 190 Å². The first-order valence-corrected chi connectivity index (χ1v) is 10.3. The molecule has 0 fully saturated rings. The predicted molar refractivity (Wildman–Crippen MR) is 125 cm³/mol. The zero-order chi connectivity index (χ0) is 22.2. The Morgan fingerprint density at radius 1 is 1.10 bits per heavy atom. The molecule has 0 saturated heterocycles. The van der Waals surface area contributed by atoms with Gasteiger partial charge in [0.05, 0.1) is 7.11 Å². The van der Waals surface area contributed by atoms with Gasteiger partial charge < -0.3 is 14.8 Å². The van der Waals surface area contributed by atoms with Crippen LogP contribution in [0.15, 0.2) is 76.8 Å². The third kappa shape index (κ3) is 5.97. The molecule has 0 aromatic heterocycles. The smallest absolute Gasteiger partial charge is 0.266 e. The molecule has 0 aliphatic carbocycles. The number of benzene rings is 3. The van der Waals surface area contributed by atoms with Crippen LogP contribution >= 0.6 is 15.9 Å².